The van der Waals surface area contributed by atoms with Crippen LogP contribution < -0.4 is 11.1 Å². The van der Waals surface area contributed by atoms with Crippen LogP contribution in [0.2, 0.25) is 0 Å². The van der Waals surface area contributed by atoms with Gasteiger partial charge in [-0.3, -0.25) is 14.5 Å². The number of Topliss-reactive ketones (excluding diaryl/α,β-unsaturated/α-hetero) is 1. The van der Waals surface area contributed by atoms with E-state index >= 15 is 0 Å². The van der Waals surface area contributed by atoms with Crippen molar-refractivity contribution in [3.05, 3.63) is 0 Å². The molecule has 0 aliphatic heterocycles. The van der Waals surface area contributed by atoms with Crippen LogP contribution in [0.5, 0.6) is 0 Å². The van der Waals surface area contributed by atoms with E-state index in [2.05, 4.69) is 19.2 Å². The van der Waals surface area contributed by atoms with Crippen molar-refractivity contribution in [1.29, 1.82) is 0 Å². The molecule has 0 aromatic carbocycles. The summed E-state index contributed by atoms with van der Waals surface area (Å²) >= 11 is 0. The predicted molar refractivity (Wildman–Crippen MR) is 68.6 cm³/mol. The second-order valence-electron chi connectivity index (χ2n) is 5.01. The minimum Gasteiger partial charge on any atom is -0.345 e. The van der Waals surface area contributed by atoms with Crippen LogP contribution in [-0.2, 0) is 9.59 Å². The van der Waals surface area contributed by atoms with Crippen molar-refractivity contribution in [2.24, 2.45) is 11.7 Å². The van der Waals surface area contributed by atoms with Gasteiger partial charge in [0.2, 0.25) is 5.91 Å². The second-order valence-corrected chi connectivity index (χ2v) is 5.01. The number of rotatable bonds is 7. The Kier molecular flexibility index (Phi) is 6.99. The summed E-state index contributed by atoms with van der Waals surface area (Å²) in [6.07, 6.45) is 0.766. The minimum absolute atomic E-state index is 0.0434. The van der Waals surface area contributed by atoms with Crippen molar-refractivity contribution < 1.29 is 9.59 Å². The number of ketones is 1. The van der Waals surface area contributed by atoms with E-state index in [1.165, 1.54) is 0 Å². The Morgan fingerprint density at radius 3 is 2.12 bits per heavy atom. The zero-order chi connectivity index (χ0) is 13.6. The van der Waals surface area contributed by atoms with Crippen LogP contribution in [0.3, 0.4) is 0 Å². The topological polar surface area (TPSA) is 75.4 Å². The summed E-state index contributed by atoms with van der Waals surface area (Å²) in [7, 11) is 3.73. The number of nitrogens with zero attached hydrogens (tertiary/aromatic N) is 1. The standard InChI is InChI=1S/C12H25N3O2/c1-8(2)6-10(15(4)5)12(17)14-9(3)11(16)7-13/h8-10H,6-7,13H2,1-5H3,(H,14,17). The van der Waals surface area contributed by atoms with Gasteiger partial charge in [-0.15, -0.1) is 0 Å². The Morgan fingerprint density at radius 2 is 1.76 bits per heavy atom. The highest BCUT2D eigenvalue weighted by atomic mass is 16.2. The molecule has 0 aliphatic rings. The number of likely N-dealkylation sites (N-methyl/N-ethyl adjacent to an activating group) is 1. The maximum absolute atomic E-state index is 12.0. The van der Waals surface area contributed by atoms with E-state index in [-0.39, 0.29) is 24.3 Å². The van der Waals surface area contributed by atoms with Gasteiger partial charge in [-0.25, -0.2) is 0 Å². The first-order valence-electron chi connectivity index (χ1n) is 5.99. The van der Waals surface area contributed by atoms with Gasteiger partial charge in [-0.05, 0) is 33.4 Å². The summed E-state index contributed by atoms with van der Waals surface area (Å²) < 4.78 is 0. The first-order valence-corrected chi connectivity index (χ1v) is 5.99. The lowest BCUT2D eigenvalue weighted by atomic mass is 10.0. The third kappa shape index (κ3) is 5.79. The first kappa shape index (κ1) is 16.1. The Hall–Kier alpha value is -0.940. The molecule has 0 bridgehead atoms. The van der Waals surface area contributed by atoms with Crippen molar-refractivity contribution >= 4 is 11.7 Å². The summed E-state index contributed by atoms with van der Waals surface area (Å²) in [5, 5.41) is 2.71. The van der Waals surface area contributed by atoms with Gasteiger partial charge in [0, 0.05) is 0 Å². The van der Waals surface area contributed by atoms with E-state index in [1.54, 1.807) is 6.92 Å². The van der Waals surface area contributed by atoms with Crippen LogP contribution in [0.25, 0.3) is 0 Å². The van der Waals surface area contributed by atoms with Crippen molar-refractivity contribution in [2.75, 3.05) is 20.6 Å². The molecule has 5 heteroatoms. The molecule has 100 valence electrons. The fourth-order valence-corrected chi connectivity index (χ4v) is 1.57. The molecule has 0 rings (SSSR count). The van der Waals surface area contributed by atoms with Gasteiger partial charge in [-0.1, -0.05) is 13.8 Å². The van der Waals surface area contributed by atoms with Crippen molar-refractivity contribution in [2.45, 2.75) is 39.3 Å². The highest BCUT2D eigenvalue weighted by Crippen LogP contribution is 2.09. The van der Waals surface area contributed by atoms with Crippen molar-refractivity contribution in [1.82, 2.24) is 10.2 Å². The molecule has 3 N–H and O–H groups in total. The van der Waals surface area contributed by atoms with Crippen LogP contribution in [0.1, 0.15) is 27.2 Å². The van der Waals surface area contributed by atoms with Gasteiger partial charge in [0.1, 0.15) is 0 Å². The largest absolute Gasteiger partial charge is 0.345 e. The molecule has 0 aromatic heterocycles. The minimum atomic E-state index is -0.512. The summed E-state index contributed by atoms with van der Waals surface area (Å²) in [5.74, 6) is 0.159. The Bertz CT molecular complexity index is 264. The van der Waals surface area contributed by atoms with E-state index in [0.29, 0.717) is 5.92 Å². The molecule has 2 atom stereocenters. The zero-order valence-electron chi connectivity index (χ0n) is 11.5. The third-order valence-electron chi connectivity index (χ3n) is 2.66. The lowest BCUT2D eigenvalue weighted by Gasteiger charge is -2.26. The van der Waals surface area contributed by atoms with E-state index in [1.807, 2.05) is 19.0 Å². The molecule has 0 spiro atoms. The number of nitrogens with two attached hydrogens (primary N) is 1. The van der Waals surface area contributed by atoms with Crippen LogP contribution >= 0.6 is 0 Å². The molecule has 0 aromatic rings. The fourth-order valence-electron chi connectivity index (χ4n) is 1.57. The Balaban J connectivity index is 4.47. The van der Waals surface area contributed by atoms with Crippen LogP contribution in [0, 0.1) is 5.92 Å². The molecule has 1 amide bonds. The molecular weight excluding hydrogens is 218 g/mol. The quantitative estimate of drug-likeness (QED) is 0.660. The highest BCUT2D eigenvalue weighted by molar-refractivity contribution is 5.91. The van der Waals surface area contributed by atoms with E-state index in [9.17, 15) is 9.59 Å². The Morgan fingerprint density at radius 1 is 1.24 bits per heavy atom. The lowest BCUT2D eigenvalue weighted by Crippen LogP contribution is -2.50. The van der Waals surface area contributed by atoms with Crippen LogP contribution in [-0.4, -0.2) is 49.3 Å². The summed E-state index contributed by atoms with van der Waals surface area (Å²) in [4.78, 5) is 25.2. The molecule has 0 aliphatic carbocycles. The van der Waals surface area contributed by atoms with Crippen LogP contribution in [0.15, 0.2) is 0 Å². The average molecular weight is 243 g/mol. The number of carbonyl (C=O) groups is 2. The lowest BCUT2D eigenvalue weighted by molar-refractivity contribution is -0.130. The summed E-state index contributed by atoms with van der Waals surface area (Å²) in [5.41, 5.74) is 5.25. The van der Waals surface area contributed by atoms with E-state index < -0.39 is 6.04 Å². The molecule has 0 saturated heterocycles. The van der Waals surface area contributed by atoms with Crippen molar-refractivity contribution in [3.63, 3.8) is 0 Å². The maximum Gasteiger partial charge on any atom is 0.237 e. The van der Waals surface area contributed by atoms with Gasteiger partial charge in [-0.2, -0.15) is 0 Å². The molecule has 0 saturated carbocycles. The van der Waals surface area contributed by atoms with Crippen LogP contribution in [0.4, 0.5) is 0 Å². The van der Waals surface area contributed by atoms with Gasteiger partial charge >= 0.3 is 0 Å². The van der Waals surface area contributed by atoms with Gasteiger partial charge in [0.25, 0.3) is 0 Å². The monoisotopic (exact) mass is 243 g/mol. The van der Waals surface area contributed by atoms with E-state index in [4.69, 9.17) is 5.73 Å². The van der Waals surface area contributed by atoms with Crippen molar-refractivity contribution in [3.8, 4) is 0 Å². The second kappa shape index (κ2) is 7.40. The number of hydrogen-bond donors (Lipinski definition) is 2. The Labute approximate surface area is 104 Å². The smallest absolute Gasteiger partial charge is 0.237 e. The summed E-state index contributed by atoms with van der Waals surface area (Å²) in [6, 6.07) is -0.717. The first-order chi connectivity index (χ1) is 7.79. The molecule has 5 nitrogen and oxygen atoms in total. The number of nitrogens with one attached hydrogen (secondary N) is 1. The molecule has 0 radical (unpaired) electrons. The number of amides is 1. The van der Waals surface area contributed by atoms with Gasteiger partial charge in [0.15, 0.2) is 5.78 Å². The molecule has 2 unspecified atom stereocenters. The summed E-state index contributed by atoms with van der Waals surface area (Å²) in [6.45, 7) is 5.75. The SMILES string of the molecule is CC(C)CC(C(=O)NC(C)C(=O)CN)N(C)C. The normalized spacial score (nSPS) is 14.8. The number of carbonyl (C=O) groups excluding carboxylic acids is 2. The van der Waals surface area contributed by atoms with Gasteiger partial charge < -0.3 is 11.1 Å². The van der Waals surface area contributed by atoms with Gasteiger partial charge in [0.05, 0.1) is 18.6 Å². The molecule has 0 fully saturated rings. The predicted octanol–water partition coefficient (Wildman–Crippen LogP) is -0.00480. The zero-order valence-corrected chi connectivity index (χ0v) is 11.5. The highest BCUT2D eigenvalue weighted by Gasteiger charge is 2.24. The maximum atomic E-state index is 12.0. The molecular formula is C12H25N3O2. The molecule has 17 heavy (non-hydrogen) atoms. The number of hydrogen-bond acceptors (Lipinski definition) is 4. The fraction of sp³-hybridized carbons (Fsp3) is 0.833. The average Bonchev–Trinajstić information content (AvgIpc) is 2.23. The molecule has 0 heterocycles. The third-order valence-corrected chi connectivity index (χ3v) is 2.66. The van der Waals surface area contributed by atoms with E-state index in [0.717, 1.165) is 6.42 Å².